The van der Waals surface area contributed by atoms with E-state index in [0.29, 0.717) is 27.3 Å². The molecule has 1 aliphatic heterocycles. The second-order valence-electron chi connectivity index (χ2n) is 6.64. The summed E-state index contributed by atoms with van der Waals surface area (Å²) in [6, 6.07) is 9.66. The van der Waals surface area contributed by atoms with E-state index in [1.54, 1.807) is 21.3 Å². The molecule has 152 valence electrons. The van der Waals surface area contributed by atoms with E-state index in [2.05, 4.69) is 10.2 Å². The second-order valence-corrected chi connectivity index (χ2v) is 7.43. The zero-order chi connectivity index (χ0) is 20.1. The van der Waals surface area contributed by atoms with Crippen LogP contribution in [0.1, 0.15) is 23.6 Å². The summed E-state index contributed by atoms with van der Waals surface area (Å²) >= 11 is 13.0. The highest BCUT2D eigenvalue weighted by Gasteiger charge is 2.28. The summed E-state index contributed by atoms with van der Waals surface area (Å²) in [6.07, 6.45) is 1.05. The maximum atomic E-state index is 6.64. The molecule has 1 unspecified atom stereocenters. The molecule has 0 aromatic heterocycles. The van der Waals surface area contributed by atoms with Gasteiger partial charge in [-0.05, 0) is 42.3 Å². The number of ether oxygens (including phenoxy) is 3. The van der Waals surface area contributed by atoms with Crippen LogP contribution in [0, 0.1) is 0 Å². The molecule has 3 rings (SSSR count). The Kier molecular flexibility index (Phi) is 7.30. The fourth-order valence-corrected chi connectivity index (χ4v) is 4.11. The van der Waals surface area contributed by atoms with Gasteiger partial charge in [-0.15, -0.1) is 0 Å². The Balaban J connectivity index is 2.17. The Morgan fingerprint density at radius 2 is 1.68 bits per heavy atom. The van der Waals surface area contributed by atoms with Gasteiger partial charge < -0.3 is 19.5 Å². The van der Waals surface area contributed by atoms with E-state index in [1.807, 2.05) is 30.3 Å². The monoisotopic (exact) mass is 424 g/mol. The molecule has 0 amide bonds. The zero-order valence-electron chi connectivity index (χ0n) is 16.4. The van der Waals surface area contributed by atoms with Crippen molar-refractivity contribution in [2.75, 3.05) is 47.5 Å². The highest BCUT2D eigenvalue weighted by atomic mass is 35.5. The summed E-state index contributed by atoms with van der Waals surface area (Å²) in [5, 5.41) is 4.57. The average Bonchev–Trinajstić information content (AvgIpc) is 2.99. The van der Waals surface area contributed by atoms with Crippen LogP contribution in [0.25, 0.3) is 0 Å². The van der Waals surface area contributed by atoms with E-state index in [9.17, 15) is 0 Å². The van der Waals surface area contributed by atoms with Gasteiger partial charge >= 0.3 is 0 Å². The molecule has 0 spiro atoms. The lowest BCUT2D eigenvalue weighted by molar-refractivity contribution is 0.239. The SMILES string of the molecule is COc1cc(C(c2cccc(Cl)c2Cl)N2CCCNCC2)cc(OC)c1OC. The van der Waals surface area contributed by atoms with Gasteiger partial charge in [-0.1, -0.05) is 35.3 Å². The minimum atomic E-state index is -0.0835. The number of halogens is 2. The third-order valence-corrected chi connectivity index (χ3v) is 5.85. The second kappa shape index (κ2) is 9.70. The van der Waals surface area contributed by atoms with Crippen LogP contribution in [0.15, 0.2) is 30.3 Å². The summed E-state index contributed by atoms with van der Waals surface area (Å²) in [5.74, 6) is 1.81. The van der Waals surface area contributed by atoms with Gasteiger partial charge in [0.1, 0.15) is 0 Å². The van der Waals surface area contributed by atoms with E-state index in [0.717, 1.165) is 43.7 Å². The van der Waals surface area contributed by atoms with Crippen LogP contribution in [0.3, 0.4) is 0 Å². The predicted octanol–water partition coefficient (Wildman–Crippen LogP) is 4.40. The average molecular weight is 425 g/mol. The highest BCUT2D eigenvalue weighted by molar-refractivity contribution is 6.42. The fourth-order valence-electron chi connectivity index (χ4n) is 3.70. The van der Waals surface area contributed by atoms with E-state index < -0.39 is 0 Å². The molecule has 1 fully saturated rings. The van der Waals surface area contributed by atoms with Crippen LogP contribution in [0.5, 0.6) is 17.2 Å². The maximum Gasteiger partial charge on any atom is 0.203 e. The number of hydrogen-bond donors (Lipinski definition) is 1. The summed E-state index contributed by atoms with van der Waals surface area (Å²) in [5.41, 5.74) is 1.98. The van der Waals surface area contributed by atoms with Crippen molar-refractivity contribution in [3.63, 3.8) is 0 Å². The molecule has 5 nitrogen and oxygen atoms in total. The van der Waals surface area contributed by atoms with Crippen LogP contribution in [0.4, 0.5) is 0 Å². The van der Waals surface area contributed by atoms with Gasteiger partial charge in [-0.25, -0.2) is 0 Å². The smallest absolute Gasteiger partial charge is 0.203 e. The first-order valence-electron chi connectivity index (χ1n) is 9.29. The maximum absolute atomic E-state index is 6.64. The number of benzene rings is 2. The third-order valence-electron chi connectivity index (χ3n) is 5.02. The van der Waals surface area contributed by atoms with Gasteiger partial charge in [0.15, 0.2) is 11.5 Å². The summed E-state index contributed by atoms with van der Waals surface area (Å²) in [4.78, 5) is 2.41. The van der Waals surface area contributed by atoms with Gasteiger partial charge in [-0.2, -0.15) is 0 Å². The quantitative estimate of drug-likeness (QED) is 0.743. The normalized spacial score (nSPS) is 16.3. The molecule has 28 heavy (non-hydrogen) atoms. The van der Waals surface area contributed by atoms with E-state index in [4.69, 9.17) is 37.4 Å². The lowest BCUT2D eigenvalue weighted by Gasteiger charge is -2.32. The number of methoxy groups -OCH3 is 3. The molecule has 1 heterocycles. The first-order valence-corrected chi connectivity index (χ1v) is 10.0. The molecule has 1 saturated heterocycles. The molecule has 0 saturated carbocycles. The number of rotatable bonds is 6. The van der Waals surface area contributed by atoms with Crippen LogP contribution in [-0.2, 0) is 0 Å². The molecule has 1 atom stereocenters. The summed E-state index contributed by atoms with van der Waals surface area (Å²) in [7, 11) is 4.85. The standard InChI is InChI=1S/C21H26Cl2N2O3/c1-26-17-12-14(13-18(27-2)21(17)28-3)20(25-10-5-8-24-9-11-25)15-6-4-7-16(22)19(15)23/h4,6-7,12-13,20,24H,5,8-11H2,1-3H3. The Bertz CT molecular complexity index is 783. The van der Waals surface area contributed by atoms with Crippen molar-refractivity contribution in [3.05, 3.63) is 51.5 Å². The van der Waals surface area contributed by atoms with Gasteiger partial charge in [0.2, 0.25) is 5.75 Å². The van der Waals surface area contributed by atoms with Crippen molar-refractivity contribution in [2.45, 2.75) is 12.5 Å². The summed E-state index contributed by atoms with van der Waals surface area (Å²) < 4.78 is 16.6. The van der Waals surface area contributed by atoms with Crippen molar-refractivity contribution in [3.8, 4) is 17.2 Å². The molecule has 0 radical (unpaired) electrons. The molecule has 0 aliphatic carbocycles. The van der Waals surface area contributed by atoms with Crippen LogP contribution >= 0.6 is 23.2 Å². The highest BCUT2D eigenvalue weighted by Crippen LogP contribution is 2.44. The lowest BCUT2D eigenvalue weighted by atomic mass is 9.95. The number of nitrogens with zero attached hydrogens (tertiary/aromatic N) is 1. The van der Waals surface area contributed by atoms with E-state index in [-0.39, 0.29) is 6.04 Å². The molecule has 0 bridgehead atoms. The van der Waals surface area contributed by atoms with Crippen molar-refractivity contribution in [1.29, 1.82) is 0 Å². The third kappa shape index (κ3) is 4.33. The Morgan fingerprint density at radius 1 is 0.964 bits per heavy atom. The lowest BCUT2D eigenvalue weighted by Crippen LogP contribution is -2.33. The van der Waals surface area contributed by atoms with Gasteiger partial charge in [0.25, 0.3) is 0 Å². The summed E-state index contributed by atoms with van der Waals surface area (Å²) in [6.45, 7) is 3.75. The molecule has 7 heteroatoms. The molecule has 1 N–H and O–H groups in total. The van der Waals surface area contributed by atoms with E-state index >= 15 is 0 Å². The van der Waals surface area contributed by atoms with Crippen molar-refractivity contribution in [1.82, 2.24) is 10.2 Å². The molecular formula is C21H26Cl2N2O3. The largest absolute Gasteiger partial charge is 0.493 e. The topological polar surface area (TPSA) is 43.0 Å². The molecule has 1 aliphatic rings. The minimum Gasteiger partial charge on any atom is -0.493 e. The van der Waals surface area contributed by atoms with Crippen LogP contribution in [-0.4, -0.2) is 52.4 Å². The number of nitrogens with one attached hydrogen (secondary N) is 1. The Labute approximate surface area is 176 Å². The number of hydrogen-bond acceptors (Lipinski definition) is 5. The van der Waals surface area contributed by atoms with Gasteiger partial charge in [-0.3, -0.25) is 4.90 Å². The van der Waals surface area contributed by atoms with Crippen molar-refractivity contribution < 1.29 is 14.2 Å². The Morgan fingerprint density at radius 3 is 2.32 bits per heavy atom. The van der Waals surface area contributed by atoms with Gasteiger partial charge in [0.05, 0.1) is 37.4 Å². The zero-order valence-corrected chi connectivity index (χ0v) is 17.9. The Hall–Kier alpha value is -1.66. The predicted molar refractivity (Wildman–Crippen MR) is 113 cm³/mol. The van der Waals surface area contributed by atoms with Crippen LogP contribution in [0.2, 0.25) is 10.0 Å². The molecular weight excluding hydrogens is 399 g/mol. The van der Waals surface area contributed by atoms with E-state index in [1.165, 1.54) is 0 Å². The molecule has 2 aromatic carbocycles. The van der Waals surface area contributed by atoms with Crippen LogP contribution < -0.4 is 19.5 Å². The molecule has 2 aromatic rings. The first kappa shape index (κ1) is 21.1. The van der Waals surface area contributed by atoms with Crippen molar-refractivity contribution >= 4 is 23.2 Å². The minimum absolute atomic E-state index is 0.0835. The van der Waals surface area contributed by atoms with Gasteiger partial charge in [0, 0.05) is 19.6 Å². The fraction of sp³-hybridized carbons (Fsp3) is 0.429. The first-order chi connectivity index (χ1) is 13.6. The van der Waals surface area contributed by atoms with Crippen molar-refractivity contribution in [2.24, 2.45) is 0 Å².